The lowest BCUT2D eigenvalue weighted by atomic mass is 9.77. The molecule has 3 aromatic carbocycles. The Morgan fingerprint density at radius 1 is 0.891 bits per heavy atom. The van der Waals surface area contributed by atoms with Gasteiger partial charge in [-0.3, -0.25) is 14.4 Å². The minimum Gasteiger partial charge on any atom is -0.477 e. The number of aromatic carboxylic acids is 1. The van der Waals surface area contributed by atoms with E-state index in [-0.39, 0.29) is 36.7 Å². The maximum Gasteiger partial charge on any atom is 0.352 e. The van der Waals surface area contributed by atoms with Crippen LogP contribution in [0.3, 0.4) is 0 Å². The van der Waals surface area contributed by atoms with Crippen molar-refractivity contribution in [2.75, 3.05) is 54.9 Å². The first-order chi connectivity index (χ1) is 26.6. The number of amides is 5. The van der Waals surface area contributed by atoms with E-state index in [0.717, 1.165) is 26.1 Å². The number of rotatable bonds is 9. The smallest absolute Gasteiger partial charge is 0.352 e. The number of ether oxygens (including phenoxy) is 1. The molecule has 3 fully saturated rings. The molecule has 5 aromatic rings. The lowest BCUT2D eigenvalue weighted by Gasteiger charge is -2.47. The normalized spacial score (nSPS) is 17.3. The van der Waals surface area contributed by atoms with Gasteiger partial charge in [-0.2, -0.15) is 4.68 Å². The van der Waals surface area contributed by atoms with Gasteiger partial charge < -0.3 is 40.2 Å². The van der Waals surface area contributed by atoms with Crippen molar-refractivity contribution in [3.63, 3.8) is 0 Å². The van der Waals surface area contributed by atoms with Crippen molar-refractivity contribution >= 4 is 69.3 Å². The van der Waals surface area contributed by atoms with Crippen molar-refractivity contribution in [1.82, 2.24) is 35.0 Å². The number of hydrogen-bond acceptors (Lipinski definition) is 9. The van der Waals surface area contributed by atoms with Crippen LogP contribution < -0.4 is 15.5 Å². The summed E-state index contributed by atoms with van der Waals surface area (Å²) in [6.45, 7) is 2.83. The van der Waals surface area contributed by atoms with E-state index >= 15 is 0 Å². The predicted molar refractivity (Wildman–Crippen MR) is 199 cm³/mol. The van der Waals surface area contributed by atoms with Crippen LogP contribution in [0.25, 0.3) is 16.6 Å². The van der Waals surface area contributed by atoms with E-state index in [4.69, 9.17) is 16.3 Å². The van der Waals surface area contributed by atoms with Crippen LogP contribution in [0.5, 0.6) is 0 Å². The molecule has 5 amide bonds. The molecule has 2 aromatic heterocycles. The molecule has 18 heteroatoms. The van der Waals surface area contributed by atoms with E-state index < -0.39 is 29.7 Å². The van der Waals surface area contributed by atoms with Gasteiger partial charge in [0.05, 0.1) is 24.6 Å². The third kappa shape index (κ3) is 7.18. The van der Waals surface area contributed by atoms with Crippen molar-refractivity contribution in [2.24, 2.45) is 5.41 Å². The second-order valence-corrected chi connectivity index (χ2v) is 14.4. The summed E-state index contributed by atoms with van der Waals surface area (Å²) in [6.07, 6.45) is 3.20. The maximum atomic E-state index is 14.1. The number of nitrogens with zero attached hydrogens (tertiary/aromatic N) is 7. The Kier molecular flexibility index (Phi) is 9.40. The maximum absolute atomic E-state index is 14.1. The van der Waals surface area contributed by atoms with Gasteiger partial charge in [-0.25, -0.2) is 9.59 Å². The van der Waals surface area contributed by atoms with Gasteiger partial charge in [0, 0.05) is 65.3 Å². The summed E-state index contributed by atoms with van der Waals surface area (Å²) in [6, 6.07) is 16.8. The summed E-state index contributed by atoms with van der Waals surface area (Å²) in [5.41, 5.74) is 3.12. The molecule has 0 bridgehead atoms. The molecule has 5 heterocycles. The standard InChI is InChI=1S/C37H35ClN10O7/c38-24-3-8-29(48-21-39-43-44-48)30(18-24)46-13-14-47(34(51)33(46)50)31(32(49)40-26-6-7-27-23(16-26)17-28(42-27)35(52)53)15-22-1-4-25(5-2-22)41-36(54)45-11-9-37(10-12-45)19-55-20-37/h1-8,16-18,21,31,42H,9-15,19-20H2,(H,40,49)(H,41,54)(H,52,53)/t31-/m0/s1. The number of benzene rings is 3. The van der Waals surface area contributed by atoms with Crippen LogP contribution >= 0.6 is 11.6 Å². The van der Waals surface area contributed by atoms with Crippen molar-refractivity contribution in [1.29, 1.82) is 0 Å². The number of nitrogens with one attached hydrogen (secondary N) is 3. The summed E-state index contributed by atoms with van der Waals surface area (Å²) >= 11 is 6.31. The number of carboxylic acids is 1. The third-order valence-electron chi connectivity index (χ3n) is 10.4. The van der Waals surface area contributed by atoms with Gasteiger partial charge in [0.1, 0.15) is 18.1 Å². The number of halogens is 1. The van der Waals surface area contributed by atoms with Crippen LogP contribution in [0.15, 0.2) is 73.1 Å². The number of carboxylic acid groups (broad SMARTS) is 1. The van der Waals surface area contributed by atoms with Gasteiger partial charge in [-0.15, -0.1) is 5.10 Å². The number of H-pyrrole nitrogens is 1. The Balaban J connectivity index is 1.02. The van der Waals surface area contributed by atoms with Crippen LogP contribution in [-0.2, 0) is 25.5 Å². The second-order valence-electron chi connectivity index (χ2n) is 13.9. The lowest BCUT2D eigenvalue weighted by molar-refractivity contribution is -0.149. The number of anilines is 3. The molecule has 0 aliphatic carbocycles. The number of aromatic nitrogens is 5. The monoisotopic (exact) mass is 766 g/mol. The first kappa shape index (κ1) is 35.7. The molecule has 8 rings (SSSR count). The number of urea groups is 1. The average Bonchev–Trinajstić information content (AvgIpc) is 3.86. The zero-order valence-electron chi connectivity index (χ0n) is 29.3. The SMILES string of the molecule is O=C(O)c1cc2cc(NC(=O)[C@H](Cc3ccc(NC(=O)N4CCC5(CC4)COC5)cc3)N3CCN(c4cc(Cl)ccc4-n4cnnn4)C(=O)C3=O)ccc2[nH]1. The quantitative estimate of drug-likeness (QED) is 0.160. The molecule has 0 unspecified atom stereocenters. The minimum atomic E-state index is -1.13. The molecule has 3 aliphatic heterocycles. The van der Waals surface area contributed by atoms with Gasteiger partial charge in [0.15, 0.2) is 0 Å². The second kappa shape index (κ2) is 14.5. The zero-order chi connectivity index (χ0) is 38.3. The van der Waals surface area contributed by atoms with Crippen molar-refractivity contribution in [2.45, 2.75) is 25.3 Å². The Morgan fingerprint density at radius 2 is 1.65 bits per heavy atom. The predicted octanol–water partition coefficient (Wildman–Crippen LogP) is 3.56. The topological polar surface area (TPSA) is 208 Å². The molecule has 55 heavy (non-hydrogen) atoms. The highest BCUT2D eigenvalue weighted by molar-refractivity contribution is 6.41. The first-order valence-electron chi connectivity index (χ1n) is 17.6. The average molecular weight is 767 g/mol. The molecule has 3 aliphatic rings. The number of carbonyl (C=O) groups is 5. The Labute approximate surface area is 318 Å². The molecular formula is C37H35ClN10O7. The van der Waals surface area contributed by atoms with Crippen LogP contribution in [0.4, 0.5) is 21.9 Å². The molecule has 3 saturated heterocycles. The van der Waals surface area contributed by atoms with E-state index in [9.17, 15) is 29.1 Å². The molecular weight excluding hydrogens is 732 g/mol. The third-order valence-corrected chi connectivity index (χ3v) is 10.7. The van der Waals surface area contributed by atoms with E-state index in [2.05, 4.69) is 31.1 Å². The van der Waals surface area contributed by atoms with Crippen molar-refractivity contribution < 1.29 is 33.8 Å². The molecule has 282 valence electrons. The van der Waals surface area contributed by atoms with E-state index in [1.54, 1.807) is 65.6 Å². The van der Waals surface area contributed by atoms with Crippen LogP contribution in [0, 0.1) is 5.41 Å². The summed E-state index contributed by atoms with van der Waals surface area (Å²) in [5, 5.41) is 27.4. The highest BCUT2D eigenvalue weighted by atomic mass is 35.5. The number of aromatic amines is 1. The van der Waals surface area contributed by atoms with Crippen LogP contribution in [0.2, 0.25) is 5.02 Å². The molecule has 4 N–H and O–H groups in total. The lowest BCUT2D eigenvalue weighted by Crippen LogP contribution is -2.60. The largest absolute Gasteiger partial charge is 0.477 e. The molecule has 0 radical (unpaired) electrons. The number of piperidine rings is 1. The summed E-state index contributed by atoms with van der Waals surface area (Å²) < 4.78 is 6.74. The molecule has 1 atom stereocenters. The number of hydrogen-bond donors (Lipinski definition) is 4. The highest BCUT2D eigenvalue weighted by Crippen LogP contribution is 2.38. The minimum absolute atomic E-state index is 0.000421. The number of tetrazole rings is 1. The van der Waals surface area contributed by atoms with Crippen molar-refractivity contribution in [3.8, 4) is 5.69 Å². The Morgan fingerprint density at radius 3 is 2.35 bits per heavy atom. The van der Waals surface area contributed by atoms with E-state index in [1.807, 2.05) is 0 Å². The molecule has 17 nitrogen and oxygen atoms in total. The molecule has 0 saturated carbocycles. The van der Waals surface area contributed by atoms with Gasteiger partial charge in [-0.1, -0.05) is 23.7 Å². The van der Waals surface area contributed by atoms with Gasteiger partial charge in [0.25, 0.3) is 0 Å². The summed E-state index contributed by atoms with van der Waals surface area (Å²) in [4.78, 5) is 73.6. The number of piperazine rings is 1. The van der Waals surface area contributed by atoms with Gasteiger partial charge in [0.2, 0.25) is 5.91 Å². The van der Waals surface area contributed by atoms with Crippen LogP contribution in [-0.4, -0.2) is 115 Å². The van der Waals surface area contributed by atoms with Crippen molar-refractivity contribution in [3.05, 3.63) is 89.3 Å². The first-order valence-corrected chi connectivity index (χ1v) is 18.0. The van der Waals surface area contributed by atoms with Crippen LogP contribution in [0.1, 0.15) is 28.9 Å². The fourth-order valence-corrected chi connectivity index (χ4v) is 7.43. The van der Waals surface area contributed by atoms with E-state index in [0.29, 0.717) is 57.3 Å². The van der Waals surface area contributed by atoms with E-state index in [1.165, 1.54) is 26.9 Å². The Bertz CT molecular complexity index is 2300. The zero-order valence-corrected chi connectivity index (χ0v) is 30.0. The number of fused-ring (bicyclic) bond motifs is 1. The highest BCUT2D eigenvalue weighted by Gasteiger charge is 2.43. The van der Waals surface area contributed by atoms with Gasteiger partial charge in [-0.05, 0) is 83.4 Å². The fourth-order valence-electron chi connectivity index (χ4n) is 7.26. The number of carbonyl (C=O) groups excluding carboxylic acids is 4. The molecule has 1 spiro atoms. The Hall–Kier alpha value is -6.33. The van der Waals surface area contributed by atoms with Gasteiger partial charge >= 0.3 is 23.8 Å². The number of likely N-dealkylation sites (tertiary alicyclic amines) is 1. The summed E-state index contributed by atoms with van der Waals surface area (Å²) in [5.74, 6) is -3.46. The fraction of sp³-hybridized carbons (Fsp3) is 0.297. The summed E-state index contributed by atoms with van der Waals surface area (Å²) in [7, 11) is 0.